The second-order valence-corrected chi connectivity index (χ2v) is 19.4. The first-order valence-electron chi connectivity index (χ1n) is 22.4. The number of nitrogens with zero attached hydrogens (tertiary/aromatic N) is 7. The summed E-state index contributed by atoms with van der Waals surface area (Å²) in [5.74, 6) is -1.50. The Morgan fingerprint density at radius 2 is 1.89 bits per heavy atom. The zero-order valence-corrected chi connectivity index (χ0v) is 39.2. The number of methoxy groups -OCH3 is 1. The molecule has 4 amide bonds. The van der Waals surface area contributed by atoms with E-state index in [0.29, 0.717) is 50.4 Å². The molecule has 4 atom stereocenters. The topological polar surface area (TPSA) is 154 Å². The summed E-state index contributed by atoms with van der Waals surface area (Å²) in [6.07, 6.45) is 4.16. The molecule has 0 unspecified atom stereocenters. The maximum atomic E-state index is 14.6. The minimum Gasteiger partial charge on any atom is -0.464 e. The van der Waals surface area contributed by atoms with Crippen molar-refractivity contribution in [2.75, 3.05) is 60.5 Å². The fourth-order valence-corrected chi connectivity index (χ4v) is 10.2. The first kappa shape index (κ1) is 46.1. The molecule has 6 heterocycles. The molecule has 0 spiro atoms. The molecule has 16 heteroatoms. The number of aromatic nitrogens is 3. The molecule has 63 heavy (non-hydrogen) atoms. The first-order chi connectivity index (χ1) is 30.1. The second-order valence-electron chi connectivity index (χ2n) is 18.5. The summed E-state index contributed by atoms with van der Waals surface area (Å²) in [7, 11) is 5.40. The number of pyridine rings is 1. The van der Waals surface area contributed by atoms with Crippen molar-refractivity contribution in [3.63, 3.8) is 0 Å². The van der Waals surface area contributed by atoms with Crippen molar-refractivity contribution < 1.29 is 28.7 Å². The summed E-state index contributed by atoms with van der Waals surface area (Å²) in [5, 5.41) is 8.24. The third-order valence-electron chi connectivity index (χ3n) is 12.8. The van der Waals surface area contributed by atoms with E-state index >= 15 is 0 Å². The highest BCUT2D eigenvalue weighted by Gasteiger charge is 2.39. The largest absolute Gasteiger partial charge is 0.464 e. The van der Waals surface area contributed by atoms with Gasteiger partial charge in [-0.25, -0.2) is 15.2 Å². The van der Waals surface area contributed by atoms with Crippen molar-refractivity contribution in [1.29, 1.82) is 0 Å². The van der Waals surface area contributed by atoms with Gasteiger partial charge in [0, 0.05) is 92.3 Å². The Kier molecular flexibility index (Phi) is 14.2. The van der Waals surface area contributed by atoms with Crippen LogP contribution in [0.5, 0.6) is 0 Å². The molecule has 2 saturated heterocycles. The van der Waals surface area contributed by atoms with Crippen LogP contribution >= 0.6 is 11.3 Å². The molecule has 3 aliphatic heterocycles. The predicted molar refractivity (Wildman–Crippen MR) is 245 cm³/mol. The fourth-order valence-electron chi connectivity index (χ4n) is 9.33. The molecule has 2 fully saturated rings. The Labute approximate surface area is 375 Å². The summed E-state index contributed by atoms with van der Waals surface area (Å²) in [4.78, 5) is 72.2. The summed E-state index contributed by atoms with van der Waals surface area (Å²) >= 11 is 1.43. The third-order valence-corrected chi connectivity index (χ3v) is 13.6. The molecule has 0 saturated carbocycles. The van der Waals surface area contributed by atoms with Crippen LogP contribution in [0, 0.1) is 11.3 Å². The number of nitrogens with one attached hydrogen (secondary N) is 2. The molecule has 3 aliphatic rings. The molecular formula is C47H65N9O6S. The number of fused-ring (bicyclic) bond motifs is 6. The Bertz CT molecular complexity index is 2310. The number of esters is 1. The summed E-state index contributed by atoms with van der Waals surface area (Å²) in [6, 6.07) is 7.63. The predicted octanol–water partition coefficient (Wildman–Crippen LogP) is 5.92. The Balaban J connectivity index is 1.28. The van der Waals surface area contributed by atoms with Gasteiger partial charge in [0.05, 0.1) is 34.8 Å². The lowest BCUT2D eigenvalue weighted by atomic mass is 9.84. The van der Waals surface area contributed by atoms with Crippen molar-refractivity contribution in [2.45, 2.75) is 104 Å². The summed E-state index contributed by atoms with van der Waals surface area (Å²) in [5.41, 5.74) is 9.41. The number of carbonyl (C=O) groups excluding carboxylic acids is 4. The quantitative estimate of drug-likeness (QED) is 0.204. The number of hydrogen-bond acceptors (Lipinski definition) is 11. The van der Waals surface area contributed by atoms with Crippen LogP contribution in [0.2, 0.25) is 0 Å². The number of hydrazine groups is 1. The van der Waals surface area contributed by atoms with Gasteiger partial charge in [-0.15, -0.1) is 11.3 Å². The van der Waals surface area contributed by atoms with Gasteiger partial charge in [0.2, 0.25) is 5.91 Å². The molecule has 3 aromatic heterocycles. The average Bonchev–Trinajstić information content (AvgIpc) is 3.78. The number of amides is 4. The van der Waals surface area contributed by atoms with E-state index in [1.54, 1.807) is 25.3 Å². The molecule has 1 aromatic carbocycles. The molecular weight excluding hydrogens is 819 g/mol. The van der Waals surface area contributed by atoms with Crippen LogP contribution in [0.3, 0.4) is 0 Å². The first-order valence-corrected chi connectivity index (χ1v) is 23.3. The van der Waals surface area contributed by atoms with E-state index < -0.39 is 35.4 Å². The second kappa shape index (κ2) is 19.5. The number of aryl methyl sites for hydroxylation is 1. The van der Waals surface area contributed by atoms with Gasteiger partial charge in [0.1, 0.15) is 18.1 Å². The molecule has 2 N–H and O–H groups in total. The molecule has 7 rings (SSSR count). The van der Waals surface area contributed by atoms with Crippen molar-refractivity contribution in [3.8, 4) is 22.5 Å². The summed E-state index contributed by atoms with van der Waals surface area (Å²) in [6.45, 7) is 16.2. The number of rotatable bonds is 8. The van der Waals surface area contributed by atoms with Crippen LogP contribution in [-0.4, -0.2) is 137 Å². The highest BCUT2D eigenvalue weighted by Crippen LogP contribution is 2.42. The highest BCUT2D eigenvalue weighted by molar-refractivity contribution is 7.10. The standard InChI is InChI=1S/C47H65N9O6S/c1-10-55-38-17-16-31-24-33(38)34(42(55)32-14-11-18-48-40(32)30(4)61-9)26-47(5,6)28-62-45(59)35-15-12-21-56(51-35)44(58)36(25-39-49-37(31)27-63-39)50-43(57)41(29(2)3)53(8)46(60)54-20-13-19-52(7)22-23-54/h11,14,16-18,24,27,29-30,35-36,41,51H,10,12-13,15,19-23,25-26,28H2,1-9H3,(H,50,57)/t30-,35-,36-,41-/m0/s1. The zero-order valence-electron chi connectivity index (χ0n) is 38.4. The van der Waals surface area contributed by atoms with Crippen molar-refractivity contribution >= 4 is 46.1 Å². The molecule has 6 bridgehead atoms. The SMILES string of the molecule is CCn1c(-c2cccnc2[C@H](C)OC)c2c3cc(ccc31)-c1csc(n1)C[C@H](NC(=O)[C@H](C(C)C)N(C)C(=O)N1CCCN(C)CC1)C(=O)N1CCC[C@H](N1)C(=O)OCC(C)(C)C2. The number of cyclic esters (lactones) is 1. The summed E-state index contributed by atoms with van der Waals surface area (Å²) < 4.78 is 14.3. The van der Waals surface area contributed by atoms with E-state index in [-0.39, 0.29) is 37.0 Å². The van der Waals surface area contributed by atoms with Crippen LogP contribution in [0.4, 0.5) is 4.79 Å². The third kappa shape index (κ3) is 9.93. The number of carbonyl (C=O) groups is 4. The number of likely N-dealkylation sites (N-methyl/N-ethyl adjacent to an activating group) is 2. The number of thiazole rings is 1. The van der Waals surface area contributed by atoms with E-state index in [4.69, 9.17) is 19.4 Å². The minimum atomic E-state index is -1.04. The zero-order chi connectivity index (χ0) is 45.2. The Morgan fingerprint density at radius 3 is 2.63 bits per heavy atom. The van der Waals surface area contributed by atoms with Crippen molar-refractivity contribution in [1.82, 2.24) is 45.0 Å². The van der Waals surface area contributed by atoms with E-state index in [9.17, 15) is 19.2 Å². The number of ether oxygens (including phenoxy) is 2. The molecule has 15 nitrogen and oxygen atoms in total. The highest BCUT2D eigenvalue weighted by atomic mass is 32.1. The monoisotopic (exact) mass is 883 g/mol. The lowest BCUT2D eigenvalue weighted by Crippen LogP contribution is -2.62. The van der Waals surface area contributed by atoms with Gasteiger partial charge in [-0.05, 0) is 88.9 Å². The molecule has 340 valence electrons. The van der Waals surface area contributed by atoms with E-state index in [1.807, 2.05) is 39.3 Å². The van der Waals surface area contributed by atoms with Crippen molar-refractivity contribution in [2.24, 2.45) is 11.3 Å². The van der Waals surface area contributed by atoms with Crippen LogP contribution in [-0.2, 0) is 43.2 Å². The van der Waals surface area contributed by atoms with Gasteiger partial charge >= 0.3 is 12.0 Å². The van der Waals surface area contributed by atoms with Gasteiger partial charge in [-0.3, -0.25) is 24.4 Å². The lowest BCUT2D eigenvalue weighted by Gasteiger charge is -2.37. The number of urea groups is 1. The minimum absolute atomic E-state index is 0.114. The van der Waals surface area contributed by atoms with Crippen LogP contribution in [0.25, 0.3) is 33.4 Å². The Morgan fingerprint density at radius 1 is 1.10 bits per heavy atom. The smallest absolute Gasteiger partial charge is 0.324 e. The fraction of sp³-hybridized carbons (Fsp3) is 0.574. The van der Waals surface area contributed by atoms with Crippen LogP contribution in [0.15, 0.2) is 41.9 Å². The van der Waals surface area contributed by atoms with Gasteiger partial charge in [0.15, 0.2) is 0 Å². The molecule has 0 aliphatic carbocycles. The average molecular weight is 884 g/mol. The Hall–Kier alpha value is -4.90. The molecule has 0 radical (unpaired) electrons. The van der Waals surface area contributed by atoms with Crippen LogP contribution < -0.4 is 10.7 Å². The number of benzene rings is 1. The normalized spacial score (nSPS) is 21.1. The van der Waals surface area contributed by atoms with E-state index in [0.717, 1.165) is 64.2 Å². The lowest BCUT2D eigenvalue weighted by molar-refractivity contribution is -0.155. The van der Waals surface area contributed by atoms with Gasteiger partial charge in [-0.2, -0.15) is 0 Å². The molecule has 4 aromatic rings. The van der Waals surface area contributed by atoms with Crippen LogP contribution in [0.1, 0.15) is 83.2 Å². The van der Waals surface area contributed by atoms with E-state index in [2.05, 4.69) is 65.2 Å². The van der Waals surface area contributed by atoms with Gasteiger partial charge in [0.25, 0.3) is 5.91 Å². The maximum Gasteiger partial charge on any atom is 0.324 e. The van der Waals surface area contributed by atoms with Gasteiger partial charge < -0.3 is 34.1 Å². The van der Waals surface area contributed by atoms with Gasteiger partial charge in [-0.1, -0.05) is 33.8 Å². The number of hydrogen-bond donors (Lipinski definition) is 2. The maximum absolute atomic E-state index is 14.6. The van der Waals surface area contributed by atoms with E-state index in [1.165, 1.54) is 21.2 Å². The van der Waals surface area contributed by atoms with Crippen molar-refractivity contribution in [3.05, 3.63) is 58.2 Å².